The molecular weight excluding hydrogens is 232 g/mol. The van der Waals surface area contributed by atoms with Crippen LogP contribution in [0.4, 0.5) is 5.69 Å². The summed E-state index contributed by atoms with van der Waals surface area (Å²) in [7, 11) is 1.78. The minimum absolute atomic E-state index is 0.255. The number of rotatable bonds is 4. The fourth-order valence-corrected chi connectivity index (χ4v) is 1.63. The van der Waals surface area contributed by atoms with E-state index in [0.717, 1.165) is 5.56 Å². The monoisotopic (exact) mass is 246 g/mol. The highest BCUT2D eigenvalue weighted by molar-refractivity contribution is 5.94. The van der Waals surface area contributed by atoms with Gasteiger partial charge in [-0.3, -0.25) is 4.68 Å². The number of aromatic carboxylic acids is 1. The molecule has 2 aromatic rings. The van der Waals surface area contributed by atoms with Gasteiger partial charge in [0.25, 0.3) is 0 Å². The molecule has 0 bridgehead atoms. The van der Waals surface area contributed by atoms with Gasteiger partial charge in [-0.05, 0) is 19.1 Å². The van der Waals surface area contributed by atoms with Crippen LogP contribution >= 0.6 is 0 Å². The highest BCUT2D eigenvalue weighted by atomic mass is 16.4. The fraction of sp³-hybridized carbons (Fsp3) is 0.250. The van der Waals surface area contributed by atoms with Gasteiger partial charge >= 0.3 is 5.97 Å². The predicted molar refractivity (Wildman–Crippen MR) is 66.5 cm³/mol. The Morgan fingerprint density at radius 3 is 2.89 bits per heavy atom. The maximum Gasteiger partial charge on any atom is 0.337 e. The molecule has 1 aromatic heterocycles. The molecular formula is C12H14N4O2. The second-order valence-corrected chi connectivity index (χ2v) is 4.04. The molecule has 6 nitrogen and oxygen atoms in total. The summed E-state index contributed by atoms with van der Waals surface area (Å²) in [4.78, 5) is 15.2. The molecule has 1 heterocycles. The number of hydrogen-bond acceptors (Lipinski definition) is 4. The molecule has 1 aromatic carbocycles. The average molecular weight is 246 g/mol. The predicted octanol–water partition coefficient (Wildman–Crippen LogP) is 1.43. The summed E-state index contributed by atoms with van der Waals surface area (Å²) in [6.07, 6.45) is 1.60. The fourth-order valence-electron chi connectivity index (χ4n) is 1.63. The second-order valence-electron chi connectivity index (χ2n) is 4.04. The van der Waals surface area contributed by atoms with E-state index in [9.17, 15) is 4.79 Å². The van der Waals surface area contributed by atoms with Crippen LogP contribution in [0.15, 0.2) is 24.5 Å². The van der Waals surface area contributed by atoms with Gasteiger partial charge in [0.2, 0.25) is 0 Å². The molecule has 94 valence electrons. The van der Waals surface area contributed by atoms with Crippen molar-refractivity contribution in [2.75, 3.05) is 5.32 Å². The van der Waals surface area contributed by atoms with Crippen molar-refractivity contribution in [3.05, 3.63) is 41.5 Å². The molecule has 0 saturated heterocycles. The van der Waals surface area contributed by atoms with Gasteiger partial charge < -0.3 is 10.4 Å². The van der Waals surface area contributed by atoms with Gasteiger partial charge in [-0.1, -0.05) is 11.6 Å². The Morgan fingerprint density at radius 2 is 2.28 bits per heavy atom. The number of nitrogens with one attached hydrogen (secondary N) is 1. The lowest BCUT2D eigenvalue weighted by Crippen LogP contribution is -2.08. The zero-order valence-electron chi connectivity index (χ0n) is 10.2. The molecule has 0 atom stereocenters. The minimum Gasteiger partial charge on any atom is -0.478 e. The molecule has 6 heteroatoms. The van der Waals surface area contributed by atoms with Crippen LogP contribution in [0.25, 0.3) is 0 Å². The molecule has 0 aliphatic heterocycles. The highest BCUT2D eigenvalue weighted by Gasteiger charge is 2.10. The zero-order chi connectivity index (χ0) is 13.1. The topological polar surface area (TPSA) is 80.0 Å². The standard InChI is InChI=1S/C12H14N4O2/c1-8-3-4-10(9(5-8)12(17)18)13-6-11-14-7-16(2)15-11/h3-5,7,13H,6H2,1-2H3,(H,17,18). The summed E-state index contributed by atoms with van der Waals surface area (Å²) in [5.41, 5.74) is 1.74. The van der Waals surface area contributed by atoms with Gasteiger partial charge in [0.05, 0.1) is 12.1 Å². The number of hydrogen-bond donors (Lipinski definition) is 2. The lowest BCUT2D eigenvalue weighted by Gasteiger charge is -2.08. The third-order valence-corrected chi connectivity index (χ3v) is 2.49. The van der Waals surface area contributed by atoms with Crippen LogP contribution < -0.4 is 5.32 Å². The number of benzene rings is 1. The van der Waals surface area contributed by atoms with Gasteiger partial charge in [0.15, 0.2) is 5.82 Å². The molecule has 2 N–H and O–H groups in total. The Morgan fingerprint density at radius 1 is 1.50 bits per heavy atom. The molecule has 18 heavy (non-hydrogen) atoms. The van der Waals surface area contributed by atoms with E-state index in [1.165, 1.54) is 0 Å². The van der Waals surface area contributed by atoms with Crippen LogP contribution in [-0.4, -0.2) is 25.8 Å². The molecule has 0 aliphatic rings. The lowest BCUT2D eigenvalue weighted by molar-refractivity contribution is 0.0698. The van der Waals surface area contributed by atoms with Crippen LogP contribution in [-0.2, 0) is 13.6 Å². The van der Waals surface area contributed by atoms with Crippen molar-refractivity contribution in [2.45, 2.75) is 13.5 Å². The van der Waals surface area contributed by atoms with E-state index in [1.54, 1.807) is 30.2 Å². The number of carbonyl (C=O) groups is 1. The highest BCUT2D eigenvalue weighted by Crippen LogP contribution is 2.17. The third-order valence-electron chi connectivity index (χ3n) is 2.49. The Labute approximate surface area is 104 Å². The van der Waals surface area contributed by atoms with Crippen LogP contribution in [0.2, 0.25) is 0 Å². The first kappa shape index (κ1) is 12.1. The summed E-state index contributed by atoms with van der Waals surface area (Å²) in [6.45, 7) is 2.25. The summed E-state index contributed by atoms with van der Waals surface area (Å²) < 4.78 is 1.60. The van der Waals surface area contributed by atoms with E-state index in [4.69, 9.17) is 5.11 Å². The Bertz CT molecular complexity index is 577. The van der Waals surface area contributed by atoms with E-state index in [-0.39, 0.29) is 5.56 Å². The Kier molecular flexibility index (Phi) is 3.27. The SMILES string of the molecule is Cc1ccc(NCc2ncn(C)n2)c(C(=O)O)c1. The molecule has 0 spiro atoms. The number of nitrogens with zero attached hydrogens (tertiary/aromatic N) is 3. The molecule has 0 unspecified atom stereocenters. The summed E-state index contributed by atoms with van der Waals surface area (Å²) in [5, 5.41) is 16.3. The molecule has 0 aliphatic carbocycles. The van der Waals surface area contributed by atoms with Gasteiger partial charge in [0.1, 0.15) is 6.33 Å². The quantitative estimate of drug-likeness (QED) is 0.853. The average Bonchev–Trinajstić information content (AvgIpc) is 2.73. The smallest absolute Gasteiger partial charge is 0.337 e. The molecule has 0 fully saturated rings. The van der Waals surface area contributed by atoms with Crippen LogP contribution in [0, 0.1) is 6.92 Å². The number of aromatic nitrogens is 3. The van der Waals surface area contributed by atoms with E-state index < -0.39 is 5.97 Å². The first-order valence-electron chi connectivity index (χ1n) is 5.48. The van der Waals surface area contributed by atoms with Crippen molar-refractivity contribution < 1.29 is 9.90 Å². The largest absolute Gasteiger partial charge is 0.478 e. The molecule has 0 saturated carbocycles. The van der Waals surface area contributed by atoms with Crippen molar-refractivity contribution in [1.29, 1.82) is 0 Å². The van der Waals surface area contributed by atoms with E-state index in [0.29, 0.717) is 18.1 Å². The zero-order valence-corrected chi connectivity index (χ0v) is 10.2. The van der Waals surface area contributed by atoms with Gasteiger partial charge in [-0.2, -0.15) is 5.10 Å². The summed E-state index contributed by atoms with van der Waals surface area (Å²) in [5.74, 6) is -0.329. The number of aryl methyl sites for hydroxylation is 2. The number of carboxylic acids is 1. The minimum atomic E-state index is -0.949. The van der Waals surface area contributed by atoms with E-state index in [1.807, 2.05) is 13.0 Å². The van der Waals surface area contributed by atoms with Crippen LogP contribution in [0.5, 0.6) is 0 Å². The maximum absolute atomic E-state index is 11.1. The first-order chi connectivity index (χ1) is 8.56. The summed E-state index contributed by atoms with van der Waals surface area (Å²) in [6, 6.07) is 5.25. The Balaban J connectivity index is 2.16. The Hall–Kier alpha value is -2.37. The lowest BCUT2D eigenvalue weighted by atomic mass is 10.1. The number of carboxylic acid groups (broad SMARTS) is 1. The van der Waals surface area contributed by atoms with Crippen LogP contribution in [0.3, 0.4) is 0 Å². The van der Waals surface area contributed by atoms with Gasteiger partial charge in [0, 0.05) is 12.7 Å². The first-order valence-corrected chi connectivity index (χ1v) is 5.48. The third kappa shape index (κ3) is 2.65. The van der Waals surface area contributed by atoms with Crippen molar-refractivity contribution in [3.8, 4) is 0 Å². The van der Waals surface area contributed by atoms with Gasteiger partial charge in [-0.25, -0.2) is 9.78 Å². The molecule has 0 amide bonds. The van der Waals surface area contributed by atoms with E-state index >= 15 is 0 Å². The van der Waals surface area contributed by atoms with Crippen molar-refractivity contribution in [1.82, 2.24) is 14.8 Å². The van der Waals surface area contributed by atoms with Gasteiger partial charge in [-0.15, -0.1) is 0 Å². The molecule has 2 rings (SSSR count). The van der Waals surface area contributed by atoms with Crippen molar-refractivity contribution in [3.63, 3.8) is 0 Å². The van der Waals surface area contributed by atoms with E-state index in [2.05, 4.69) is 15.4 Å². The maximum atomic E-state index is 11.1. The second kappa shape index (κ2) is 4.87. The summed E-state index contributed by atoms with van der Waals surface area (Å²) >= 11 is 0. The van der Waals surface area contributed by atoms with Crippen molar-refractivity contribution in [2.24, 2.45) is 7.05 Å². The van der Waals surface area contributed by atoms with Crippen molar-refractivity contribution >= 4 is 11.7 Å². The number of anilines is 1. The normalized spacial score (nSPS) is 10.3. The van der Waals surface area contributed by atoms with Crippen LogP contribution in [0.1, 0.15) is 21.7 Å². The molecule has 0 radical (unpaired) electrons.